The van der Waals surface area contributed by atoms with Gasteiger partial charge in [0.2, 0.25) is 5.60 Å². The molecule has 5 rings (SSSR count). The minimum Gasteiger partial charge on any atom is -0.493 e. The van der Waals surface area contributed by atoms with Crippen LogP contribution in [0.4, 0.5) is 17.6 Å². The van der Waals surface area contributed by atoms with E-state index in [0.717, 1.165) is 0 Å². The first-order valence-corrected chi connectivity index (χ1v) is 15.2. The molecule has 0 saturated carbocycles. The predicted molar refractivity (Wildman–Crippen MR) is 166 cm³/mol. The van der Waals surface area contributed by atoms with Crippen molar-refractivity contribution in [2.24, 2.45) is 0 Å². The van der Waals surface area contributed by atoms with Crippen LogP contribution in [0, 0.1) is 17.1 Å². The molecule has 0 spiro atoms. The lowest BCUT2D eigenvalue weighted by Crippen LogP contribution is -2.53. The molecule has 0 amide bonds. The summed E-state index contributed by atoms with van der Waals surface area (Å²) in [6.45, 7) is 1.78. The highest BCUT2D eigenvalue weighted by atomic mass is 19.4. The molecule has 1 saturated heterocycles. The third-order valence-electron chi connectivity index (χ3n) is 8.33. The number of hydrogen-bond acceptors (Lipinski definition) is 7. The monoisotopic (exact) mass is 653 g/mol. The summed E-state index contributed by atoms with van der Waals surface area (Å²) in [7, 11) is 1.48. The Bertz CT molecular complexity index is 1780. The Labute approximate surface area is 269 Å². The number of β-amino-alcohol motifs (C(OH)–C–C–N with tert-alkyl or cyclic N) is 1. The second-order valence-corrected chi connectivity index (χ2v) is 11.6. The Morgan fingerprint density at radius 2 is 1.81 bits per heavy atom. The minimum atomic E-state index is -5.04. The molecule has 8 nitrogen and oxygen atoms in total. The Hall–Kier alpha value is -4.60. The number of ether oxygens (including phenoxy) is 3. The van der Waals surface area contributed by atoms with Gasteiger partial charge in [-0.05, 0) is 67.3 Å². The van der Waals surface area contributed by atoms with Crippen LogP contribution in [0.15, 0.2) is 66.9 Å². The van der Waals surface area contributed by atoms with Gasteiger partial charge in [0.1, 0.15) is 11.9 Å². The quantitative estimate of drug-likeness (QED) is 0.154. The first-order chi connectivity index (χ1) is 22.4. The zero-order valence-corrected chi connectivity index (χ0v) is 26.0. The van der Waals surface area contributed by atoms with Gasteiger partial charge in [0, 0.05) is 43.3 Å². The van der Waals surface area contributed by atoms with Crippen LogP contribution >= 0.6 is 0 Å². The number of halogens is 4. The summed E-state index contributed by atoms with van der Waals surface area (Å²) in [5.74, 6) is 0.0288. The number of carbonyl (C=O) groups excluding carboxylic acids is 1. The summed E-state index contributed by atoms with van der Waals surface area (Å²) in [6.07, 6.45) is -3.23. The Balaban J connectivity index is 1.34. The SMILES string of the molecule is CCOC(=O)Cc1ccc(OC2CCN(CC(O)(c3cn(Cc4cccc(F)c4)c4cc(C#N)ccc34)C(F)(F)F)CC2)c(OC)c1. The molecule has 2 heterocycles. The standard InChI is InChI=1S/C35H35F4N3O5/c1-3-46-33(43)18-23-8-10-31(32(17-23)45-2)47-27-11-13-41(14-12-27)22-34(44,35(37,38)39)29-21-42(20-25-5-4-6-26(36)15-25)30-16-24(19-40)7-9-28(29)30/h4-10,15-17,21,27,44H,3,11-14,18,20,22H2,1-2H3. The summed E-state index contributed by atoms with van der Waals surface area (Å²) in [5, 5.41) is 21.1. The molecule has 3 aromatic carbocycles. The average molecular weight is 654 g/mol. The molecule has 1 fully saturated rings. The summed E-state index contributed by atoms with van der Waals surface area (Å²) >= 11 is 0. The van der Waals surface area contributed by atoms with Crippen molar-refractivity contribution in [1.82, 2.24) is 9.47 Å². The third kappa shape index (κ3) is 7.53. The van der Waals surface area contributed by atoms with Crippen LogP contribution in [-0.2, 0) is 28.1 Å². The number of likely N-dealkylation sites (tertiary alicyclic amines) is 1. The number of fused-ring (bicyclic) bond motifs is 1. The number of alkyl halides is 3. The van der Waals surface area contributed by atoms with Gasteiger partial charge >= 0.3 is 12.1 Å². The summed E-state index contributed by atoms with van der Waals surface area (Å²) in [4.78, 5) is 13.4. The number of carbonyl (C=O) groups is 1. The van der Waals surface area contributed by atoms with Crippen LogP contribution in [0.2, 0.25) is 0 Å². The van der Waals surface area contributed by atoms with Gasteiger partial charge in [-0.3, -0.25) is 9.69 Å². The summed E-state index contributed by atoms with van der Waals surface area (Å²) in [5.41, 5.74) is -1.82. The topological polar surface area (TPSA) is 97.0 Å². The van der Waals surface area contributed by atoms with E-state index in [9.17, 15) is 32.7 Å². The molecular weight excluding hydrogens is 618 g/mol. The normalized spacial score (nSPS) is 15.6. The number of aliphatic hydroxyl groups is 1. The van der Waals surface area contributed by atoms with Crippen molar-refractivity contribution in [1.29, 1.82) is 5.26 Å². The highest BCUT2D eigenvalue weighted by Crippen LogP contribution is 2.44. The van der Waals surface area contributed by atoms with Crippen molar-refractivity contribution < 1.29 is 41.7 Å². The highest BCUT2D eigenvalue weighted by molar-refractivity contribution is 5.86. The van der Waals surface area contributed by atoms with Crippen LogP contribution in [0.5, 0.6) is 11.5 Å². The van der Waals surface area contributed by atoms with Crippen molar-refractivity contribution >= 4 is 16.9 Å². The van der Waals surface area contributed by atoms with Gasteiger partial charge in [0.25, 0.3) is 0 Å². The lowest BCUT2D eigenvalue weighted by Gasteiger charge is -2.39. The molecule has 248 valence electrons. The average Bonchev–Trinajstić information content (AvgIpc) is 3.40. The molecule has 1 atom stereocenters. The summed E-state index contributed by atoms with van der Waals surface area (Å²) in [6, 6.07) is 17.1. The smallest absolute Gasteiger partial charge is 0.422 e. The van der Waals surface area contributed by atoms with Gasteiger partial charge in [-0.2, -0.15) is 18.4 Å². The molecule has 47 heavy (non-hydrogen) atoms. The highest BCUT2D eigenvalue weighted by Gasteiger charge is 2.57. The second kappa shape index (κ2) is 14.0. The van der Waals surface area contributed by atoms with E-state index in [1.807, 2.05) is 6.07 Å². The van der Waals surface area contributed by atoms with Gasteiger partial charge in [-0.25, -0.2) is 4.39 Å². The molecule has 1 aromatic heterocycles. The molecule has 0 bridgehead atoms. The van der Waals surface area contributed by atoms with Crippen molar-refractivity contribution in [3.05, 3.63) is 94.9 Å². The Morgan fingerprint density at radius 1 is 1.04 bits per heavy atom. The number of hydrogen-bond donors (Lipinski definition) is 1. The van der Waals surface area contributed by atoms with Gasteiger partial charge in [0.15, 0.2) is 11.5 Å². The number of aromatic nitrogens is 1. The Morgan fingerprint density at radius 3 is 2.47 bits per heavy atom. The van der Waals surface area contributed by atoms with E-state index >= 15 is 0 Å². The first-order valence-electron chi connectivity index (χ1n) is 15.2. The third-order valence-corrected chi connectivity index (χ3v) is 8.33. The van der Waals surface area contributed by atoms with Gasteiger partial charge in [-0.1, -0.05) is 24.3 Å². The summed E-state index contributed by atoms with van der Waals surface area (Å²) < 4.78 is 76.6. The van der Waals surface area contributed by atoms with Crippen LogP contribution < -0.4 is 9.47 Å². The predicted octanol–water partition coefficient (Wildman–Crippen LogP) is 6.11. The van der Waals surface area contributed by atoms with Crippen LogP contribution in [0.3, 0.4) is 0 Å². The largest absolute Gasteiger partial charge is 0.493 e. The van der Waals surface area contributed by atoms with Crippen molar-refractivity contribution in [2.75, 3.05) is 33.4 Å². The van der Waals surface area contributed by atoms with Crippen molar-refractivity contribution in [3.63, 3.8) is 0 Å². The Kier molecular flexibility index (Phi) is 10.1. The van der Waals surface area contributed by atoms with E-state index < -0.39 is 24.1 Å². The number of benzene rings is 3. The molecule has 4 aromatic rings. The molecule has 1 N–H and O–H groups in total. The maximum absolute atomic E-state index is 14.9. The molecule has 0 aliphatic carbocycles. The van der Waals surface area contributed by atoms with E-state index in [4.69, 9.17) is 14.2 Å². The molecule has 1 unspecified atom stereocenters. The first kappa shape index (κ1) is 33.8. The van der Waals surface area contributed by atoms with E-state index in [-0.39, 0.29) is 61.2 Å². The van der Waals surface area contributed by atoms with Gasteiger partial charge in [0.05, 0.1) is 37.3 Å². The lowest BCUT2D eigenvalue weighted by molar-refractivity contribution is -0.272. The van der Waals surface area contributed by atoms with E-state index in [2.05, 4.69) is 0 Å². The minimum absolute atomic E-state index is 0.0348. The zero-order valence-electron chi connectivity index (χ0n) is 26.0. The van der Waals surface area contributed by atoms with Crippen LogP contribution in [0.25, 0.3) is 10.9 Å². The van der Waals surface area contributed by atoms with E-state index in [1.54, 1.807) is 36.1 Å². The van der Waals surface area contributed by atoms with E-state index in [0.29, 0.717) is 41.0 Å². The molecule has 1 aliphatic rings. The fraction of sp³-hybridized carbons (Fsp3) is 0.371. The van der Waals surface area contributed by atoms with Gasteiger partial charge < -0.3 is 23.9 Å². The number of nitrogens with zero attached hydrogens (tertiary/aromatic N) is 3. The fourth-order valence-corrected chi connectivity index (χ4v) is 5.97. The van der Waals surface area contributed by atoms with Crippen molar-refractivity contribution in [3.8, 4) is 17.6 Å². The number of nitriles is 1. The number of rotatable bonds is 11. The second-order valence-electron chi connectivity index (χ2n) is 11.6. The van der Waals surface area contributed by atoms with E-state index in [1.165, 1.54) is 54.3 Å². The van der Waals surface area contributed by atoms with Gasteiger partial charge in [-0.15, -0.1) is 0 Å². The van der Waals surface area contributed by atoms with Crippen molar-refractivity contribution in [2.45, 2.75) is 50.6 Å². The molecular formula is C35H35F4N3O5. The zero-order chi connectivity index (χ0) is 33.8. The molecule has 12 heteroatoms. The maximum atomic E-state index is 14.9. The van der Waals surface area contributed by atoms with Crippen LogP contribution in [0.1, 0.15) is 42.0 Å². The molecule has 0 radical (unpaired) electrons. The fourth-order valence-electron chi connectivity index (χ4n) is 5.97. The number of esters is 1. The molecule has 1 aliphatic heterocycles. The lowest BCUT2D eigenvalue weighted by atomic mass is 9.90. The van der Waals surface area contributed by atoms with Crippen LogP contribution in [-0.4, -0.2) is 66.2 Å². The number of piperidine rings is 1. The number of methoxy groups -OCH3 is 1. The maximum Gasteiger partial charge on any atom is 0.422 e.